The zero-order valence-corrected chi connectivity index (χ0v) is 14.2. The summed E-state index contributed by atoms with van der Waals surface area (Å²) >= 11 is 0. The molecule has 0 aromatic carbocycles. The number of nitrogens with two attached hydrogens (primary N) is 1. The minimum atomic E-state index is -0.557. The van der Waals surface area contributed by atoms with Crippen LogP contribution >= 0.6 is 0 Å². The van der Waals surface area contributed by atoms with Gasteiger partial charge in [0.25, 0.3) is 5.91 Å². The molecular weight excluding hydrogens is 276 g/mol. The number of fused-ring (bicyclic) bond motifs is 1. The summed E-state index contributed by atoms with van der Waals surface area (Å²) in [6, 6.07) is 0. The van der Waals surface area contributed by atoms with Gasteiger partial charge >= 0.3 is 0 Å². The van der Waals surface area contributed by atoms with Crippen LogP contribution in [0.2, 0.25) is 0 Å². The van der Waals surface area contributed by atoms with Crippen LogP contribution in [-0.2, 0) is 13.0 Å². The highest BCUT2D eigenvalue weighted by Crippen LogP contribution is 2.26. The number of aromatic nitrogens is 2. The van der Waals surface area contributed by atoms with Crippen molar-refractivity contribution < 1.29 is 4.79 Å². The van der Waals surface area contributed by atoms with E-state index in [1.807, 2.05) is 0 Å². The van der Waals surface area contributed by atoms with Crippen LogP contribution < -0.4 is 5.73 Å². The molecule has 0 saturated carbocycles. The molecule has 1 amide bonds. The number of carbonyl (C=O) groups excluding carboxylic acids is 1. The highest BCUT2D eigenvalue weighted by molar-refractivity contribution is 5.88. The highest BCUT2D eigenvalue weighted by atomic mass is 16.1. The standard InChI is InChI=1S/C17H28N4O/c1-12(9-17(2,3)4)5-7-21-8-6-13-10-19-16(15(18)22)20-14(13)11-21/h10,12H,5-9,11H2,1-4H3,(H2,18,22). The molecule has 2 rings (SSSR count). The van der Waals surface area contributed by atoms with Crippen LogP contribution in [0.5, 0.6) is 0 Å². The van der Waals surface area contributed by atoms with Crippen molar-refractivity contribution in [2.24, 2.45) is 17.1 Å². The zero-order valence-electron chi connectivity index (χ0n) is 14.2. The maximum Gasteiger partial charge on any atom is 0.286 e. The number of nitrogens with zero attached hydrogens (tertiary/aromatic N) is 3. The Bertz CT molecular complexity index is 536. The maximum atomic E-state index is 11.2. The van der Waals surface area contributed by atoms with Gasteiger partial charge in [0.1, 0.15) is 0 Å². The summed E-state index contributed by atoms with van der Waals surface area (Å²) < 4.78 is 0. The molecule has 1 unspecified atom stereocenters. The van der Waals surface area contributed by atoms with Crippen molar-refractivity contribution in [3.63, 3.8) is 0 Å². The first-order valence-electron chi connectivity index (χ1n) is 8.11. The van der Waals surface area contributed by atoms with Crippen LogP contribution in [0.25, 0.3) is 0 Å². The van der Waals surface area contributed by atoms with E-state index >= 15 is 0 Å². The van der Waals surface area contributed by atoms with Crippen LogP contribution in [0, 0.1) is 11.3 Å². The normalized spacial score (nSPS) is 17.1. The van der Waals surface area contributed by atoms with Gasteiger partial charge in [0, 0.05) is 19.3 Å². The topological polar surface area (TPSA) is 72.1 Å². The third-order valence-electron chi connectivity index (χ3n) is 4.14. The molecule has 1 atom stereocenters. The minimum absolute atomic E-state index is 0.127. The Morgan fingerprint density at radius 3 is 2.82 bits per heavy atom. The summed E-state index contributed by atoms with van der Waals surface area (Å²) in [6.07, 6.45) is 5.13. The second-order valence-corrected chi connectivity index (χ2v) is 7.71. The first-order valence-corrected chi connectivity index (χ1v) is 8.11. The number of carbonyl (C=O) groups is 1. The summed E-state index contributed by atoms with van der Waals surface area (Å²) in [5.41, 5.74) is 7.75. The zero-order chi connectivity index (χ0) is 16.3. The molecule has 2 N–H and O–H groups in total. The monoisotopic (exact) mass is 304 g/mol. The van der Waals surface area contributed by atoms with E-state index in [0.29, 0.717) is 11.3 Å². The number of hydrogen-bond acceptors (Lipinski definition) is 4. The van der Waals surface area contributed by atoms with Gasteiger partial charge in [-0.05, 0) is 42.7 Å². The predicted octanol–water partition coefficient (Wildman–Crippen LogP) is 2.40. The van der Waals surface area contributed by atoms with E-state index in [9.17, 15) is 4.79 Å². The Morgan fingerprint density at radius 1 is 1.45 bits per heavy atom. The summed E-state index contributed by atoms with van der Waals surface area (Å²) in [7, 11) is 0. The van der Waals surface area contributed by atoms with E-state index in [1.54, 1.807) is 6.20 Å². The first kappa shape index (κ1) is 16.9. The lowest BCUT2D eigenvalue weighted by atomic mass is 9.84. The molecule has 1 aliphatic heterocycles. The van der Waals surface area contributed by atoms with Crippen molar-refractivity contribution in [2.75, 3.05) is 13.1 Å². The van der Waals surface area contributed by atoms with Crippen molar-refractivity contribution in [2.45, 2.75) is 53.5 Å². The molecule has 0 fully saturated rings. The molecule has 0 radical (unpaired) electrons. The van der Waals surface area contributed by atoms with E-state index in [0.717, 1.165) is 37.3 Å². The number of amides is 1. The van der Waals surface area contributed by atoms with E-state index in [2.05, 4.69) is 42.6 Å². The van der Waals surface area contributed by atoms with Gasteiger partial charge in [-0.3, -0.25) is 9.69 Å². The molecule has 0 aliphatic carbocycles. The highest BCUT2D eigenvalue weighted by Gasteiger charge is 2.21. The number of primary amides is 1. The van der Waals surface area contributed by atoms with Crippen LogP contribution in [-0.4, -0.2) is 33.9 Å². The molecule has 2 heterocycles. The molecular formula is C17H28N4O. The molecule has 1 aromatic rings. The van der Waals surface area contributed by atoms with E-state index in [1.165, 1.54) is 12.8 Å². The molecule has 22 heavy (non-hydrogen) atoms. The largest absolute Gasteiger partial charge is 0.363 e. The van der Waals surface area contributed by atoms with Crippen molar-refractivity contribution in [3.05, 3.63) is 23.3 Å². The van der Waals surface area contributed by atoms with Crippen molar-refractivity contribution in [1.29, 1.82) is 0 Å². The lowest BCUT2D eigenvalue weighted by molar-refractivity contribution is 0.0989. The molecule has 0 spiro atoms. The Labute approximate surface area is 133 Å². The second kappa shape index (κ2) is 6.73. The minimum Gasteiger partial charge on any atom is -0.363 e. The smallest absolute Gasteiger partial charge is 0.286 e. The molecule has 122 valence electrons. The van der Waals surface area contributed by atoms with Crippen molar-refractivity contribution in [3.8, 4) is 0 Å². The van der Waals surface area contributed by atoms with Gasteiger partial charge in [0.05, 0.1) is 5.69 Å². The third-order valence-corrected chi connectivity index (χ3v) is 4.14. The quantitative estimate of drug-likeness (QED) is 0.906. The molecule has 0 saturated heterocycles. The van der Waals surface area contributed by atoms with Crippen LogP contribution in [0.1, 0.15) is 62.4 Å². The molecule has 0 bridgehead atoms. The summed E-state index contributed by atoms with van der Waals surface area (Å²) in [5, 5.41) is 0. The summed E-state index contributed by atoms with van der Waals surface area (Å²) in [5.74, 6) is 0.286. The Morgan fingerprint density at radius 2 is 2.18 bits per heavy atom. The van der Waals surface area contributed by atoms with Crippen molar-refractivity contribution in [1.82, 2.24) is 14.9 Å². The number of hydrogen-bond donors (Lipinski definition) is 1. The first-order chi connectivity index (χ1) is 10.2. The van der Waals surface area contributed by atoms with Gasteiger partial charge in [0.2, 0.25) is 5.82 Å². The average molecular weight is 304 g/mol. The maximum absolute atomic E-state index is 11.2. The van der Waals surface area contributed by atoms with Gasteiger partial charge < -0.3 is 5.73 Å². The fraction of sp³-hybridized carbons (Fsp3) is 0.706. The van der Waals surface area contributed by atoms with Gasteiger partial charge in [-0.1, -0.05) is 27.7 Å². The Kier molecular flexibility index (Phi) is 5.16. The van der Waals surface area contributed by atoms with Crippen molar-refractivity contribution >= 4 is 5.91 Å². The van der Waals surface area contributed by atoms with E-state index < -0.39 is 5.91 Å². The summed E-state index contributed by atoms with van der Waals surface area (Å²) in [6.45, 7) is 12.1. The molecule has 5 heteroatoms. The Balaban J connectivity index is 1.91. The number of rotatable bonds is 5. The van der Waals surface area contributed by atoms with Gasteiger partial charge in [-0.25, -0.2) is 9.97 Å². The second-order valence-electron chi connectivity index (χ2n) is 7.71. The fourth-order valence-corrected chi connectivity index (χ4v) is 3.22. The van der Waals surface area contributed by atoms with Gasteiger partial charge in [-0.2, -0.15) is 0 Å². The predicted molar refractivity (Wildman–Crippen MR) is 87.4 cm³/mol. The van der Waals surface area contributed by atoms with E-state index in [-0.39, 0.29) is 5.82 Å². The van der Waals surface area contributed by atoms with Crippen LogP contribution in [0.4, 0.5) is 0 Å². The van der Waals surface area contributed by atoms with Crippen LogP contribution in [0.3, 0.4) is 0 Å². The molecule has 1 aromatic heterocycles. The van der Waals surface area contributed by atoms with Crippen LogP contribution in [0.15, 0.2) is 6.20 Å². The molecule has 1 aliphatic rings. The Hall–Kier alpha value is -1.49. The van der Waals surface area contributed by atoms with E-state index in [4.69, 9.17) is 5.73 Å². The SMILES string of the molecule is CC(CCN1CCc2cnc(C(N)=O)nc2C1)CC(C)(C)C. The lowest BCUT2D eigenvalue weighted by Gasteiger charge is -2.30. The molecule has 5 nitrogen and oxygen atoms in total. The average Bonchev–Trinajstić information content (AvgIpc) is 2.42. The third kappa shape index (κ3) is 4.77. The summed E-state index contributed by atoms with van der Waals surface area (Å²) in [4.78, 5) is 22.0. The van der Waals surface area contributed by atoms with Gasteiger partial charge in [0.15, 0.2) is 0 Å². The fourth-order valence-electron chi connectivity index (χ4n) is 3.22. The van der Waals surface area contributed by atoms with Gasteiger partial charge in [-0.15, -0.1) is 0 Å². The lowest BCUT2D eigenvalue weighted by Crippen LogP contribution is -2.33.